The summed E-state index contributed by atoms with van der Waals surface area (Å²) in [6.07, 6.45) is 0. The normalized spacial score (nSPS) is 12.8. The van der Waals surface area contributed by atoms with Gasteiger partial charge >= 0.3 is 0 Å². The molecule has 3 aromatic carbocycles. The van der Waals surface area contributed by atoms with Gasteiger partial charge in [-0.25, -0.2) is 4.39 Å². The molecule has 1 unspecified atom stereocenters. The standard InChI is InChI=1S/C21H15FO/c22-20-13-11-19(12-14-20)21(23,18-9-5-2-6-10-18)16-15-17-7-3-1-4-8-17/h1-14,23H. The lowest BCUT2D eigenvalue weighted by Gasteiger charge is -2.23. The lowest BCUT2D eigenvalue weighted by molar-refractivity contribution is 0.145. The first-order valence-electron chi connectivity index (χ1n) is 7.31. The Hall–Kier alpha value is -2.89. The van der Waals surface area contributed by atoms with Crippen molar-refractivity contribution >= 4 is 0 Å². The molecule has 0 aliphatic heterocycles. The summed E-state index contributed by atoms with van der Waals surface area (Å²) in [7, 11) is 0. The van der Waals surface area contributed by atoms with Gasteiger partial charge in [-0.05, 0) is 24.3 Å². The molecule has 1 nitrogen and oxygen atoms in total. The zero-order chi connectivity index (χ0) is 16.1. The maximum absolute atomic E-state index is 13.2. The van der Waals surface area contributed by atoms with Crippen LogP contribution in [0.2, 0.25) is 0 Å². The average Bonchev–Trinajstić information content (AvgIpc) is 2.62. The Kier molecular flexibility index (Phi) is 4.23. The summed E-state index contributed by atoms with van der Waals surface area (Å²) >= 11 is 0. The number of hydrogen-bond acceptors (Lipinski definition) is 1. The van der Waals surface area contributed by atoms with Crippen molar-refractivity contribution in [3.8, 4) is 11.8 Å². The van der Waals surface area contributed by atoms with E-state index in [0.717, 1.165) is 5.56 Å². The van der Waals surface area contributed by atoms with Crippen molar-refractivity contribution in [1.82, 2.24) is 0 Å². The highest BCUT2D eigenvalue weighted by Gasteiger charge is 2.29. The van der Waals surface area contributed by atoms with Gasteiger partial charge in [0.1, 0.15) is 5.82 Å². The molecule has 0 saturated heterocycles. The predicted molar refractivity (Wildman–Crippen MR) is 89.2 cm³/mol. The SMILES string of the molecule is OC(C#Cc1ccccc1)(c1ccccc1)c1ccc(F)cc1. The molecule has 3 rings (SSSR count). The molecule has 112 valence electrons. The first-order chi connectivity index (χ1) is 11.2. The third-order valence-corrected chi connectivity index (χ3v) is 3.62. The van der Waals surface area contributed by atoms with Crippen LogP contribution in [0, 0.1) is 17.7 Å². The molecular formula is C21H15FO. The second-order valence-corrected chi connectivity index (χ2v) is 5.20. The van der Waals surface area contributed by atoms with E-state index in [9.17, 15) is 9.50 Å². The Morgan fingerprint density at radius 2 is 1.22 bits per heavy atom. The minimum atomic E-state index is -1.50. The van der Waals surface area contributed by atoms with Crippen molar-refractivity contribution in [3.05, 3.63) is 107 Å². The van der Waals surface area contributed by atoms with E-state index in [4.69, 9.17) is 0 Å². The summed E-state index contributed by atoms with van der Waals surface area (Å²) in [5.74, 6) is 5.60. The molecule has 0 aromatic heterocycles. The Balaban J connectivity index is 2.11. The van der Waals surface area contributed by atoms with Crippen LogP contribution in [0.1, 0.15) is 16.7 Å². The summed E-state index contributed by atoms with van der Waals surface area (Å²) in [6.45, 7) is 0. The maximum Gasteiger partial charge on any atom is 0.177 e. The fourth-order valence-electron chi connectivity index (χ4n) is 2.37. The molecule has 23 heavy (non-hydrogen) atoms. The van der Waals surface area contributed by atoms with Gasteiger partial charge in [-0.1, -0.05) is 72.5 Å². The molecule has 0 amide bonds. The van der Waals surface area contributed by atoms with Crippen LogP contribution in [0.5, 0.6) is 0 Å². The van der Waals surface area contributed by atoms with E-state index in [-0.39, 0.29) is 5.82 Å². The van der Waals surface area contributed by atoms with Crippen molar-refractivity contribution in [2.75, 3.05) is 0 Å². The van der Waals surface area contributed by atoms with E-state index >= 15 is 0 Å². The molecule has 3 aromatic rings. The molecule has 0 spiro atoms. The summed E-state index contributed by atoms with van der Waals surface area (Å²) < 4.78 is 13.2. The molecule has 0 saturated carbocycles. The first-order valence-corrected chi connectivity index (χ1v) is 7.31. The topological polar surface area (TPSA) is 20.2 Å². The molecule has 0 aliphatic carbocycles. The van der Waals surface area contributed by atoms with Crippen LogP contribution >= 0.6 is 0 Å². The number of aliphatic hydroxyl groups is 1. The van der Waals surface area contributed by atoms with Gasteiger partial charge in [0, 0.05) is 16.7 Å². The van der Waals surface area contributed by atoms with E-state index in [1.807, 2.05) is 60.7 Å². The van der Waals surface area contributed by atoms with Gasteiger partial charge in [-0.15, -0.1) is 0 Å². The zero-order valence-corrected chi connectivity index (χ0v) is 12.4. The average molecular weight is 302 g/mol. The fourth-order valence-corrected chi connectivity index (χ4v) is 2.37. The molecule has 1 atom stereocenters. The lowest BCUT2D eigenvalue weighted by Crippen LogP contribution is -2.25. The van der Waals surface area contributed by atoms with Crippen LogP contribution in [0.15, 0.2) is 84.9 Å². The minimum Gasteiger partial charge on any atom is -0.369 e. The van der Waals surface area contributed by atoms with Gasteiger partial charge in [0.25, 0.3) is 0 Å². The van der Waals surface area contributed by atoms with Crippen molar-refractivity contribution in [2.45, 2.75) is 5.60 Å². The highest BCUT2D eigenvalue weighted by atomic mass is 19.1. The molecule has 0 aliphatic rings. The highest BCUT2D eigenvalue weighted by molar-refractivity contribution is 5.47. The van der Waals surface area contributed by atoms with Crippen LogP contribution in [0.25, 0.3) is 0 Å². The highest BCUT2D eigenvalue weighted by Crippen LogP contribution is 2.29. The van der Waals surface area contributed by atoms with Gasteiger partial charge in [0.15, 0.2) is 5.60 Å². The van der Waals surface area contributed by atoms with Crippen molar-refractivity contribution in [3.63, 3.8) is 0 Å². The minimum absolute atomic E-state index is 0.347. The van der Waals surface area contributed by atoms with Crippen LogP contribution in [0.4, 0.5) is 4.39 Å². The molecule has 0 radical (unpaired) electrons. The third-order valence-electron chi connectivity index (χ3n) is 3.62. The number of halogens is 1. The second-order valence-electron chi connectivity index (χ2n) is 5.20. The third kappa shape index (κ3) is 3.31. The van der Waals surface area contributed by atoms with Crippen LogP contribution < -0.4 is 0 Å². The van der Waals surface area contributed by atoms with Crippen LogP contribution in [-0.2, 0) is 5.60 Å². The Morgan fingerprint density at radius 1 is 0.696 bits per heavy atom. The Bertz CT molecular complexity index is 830. The van der Waals surface area contributed by atoms with E-state index in [1.54, 1.807) is 12.1 Å². The lowest BCUT2D eigenvalue weighted by atomic mass is 9.86. The Labute approximate surface area is 135 Å². The summed E-state index contributed by atoms with van der Waals surface area (Å²) in [5.41, 5.74) is 0.498. The van der Waals surface area contributed by atoms with E-state index in [2.05, 4.69) is 11.8 Å². The van der Waals surface area contributed by atoms with E-state index in [1.165, 1.54) is 12.1 Å². The van der Waals surface area contributed by atoms with E-state index in [0.29, 0.717) is 11.1 Å². The second kappa shape index (κ2) is 6.48. The molecule has 0 heterocycles. The molecule has 0 fully saturated rings. The quantitative estimate of drug-likeness (QED) is 0.706. The molecule has 1 N–H and O–H groups in total. The summed E-state index contributed by atoms with van der Waals surface area (Å²) in [4.78, 5) is 0. The number of rotatable bonds is 2. The van der Waals surface area contributed by atoms with Crippen molar-refractivity contribution in [2.24, 2.45) is 0 Å². The van der Waals surface area contributed by atoms with Gasteiger partial charge < -0.3 is 5.11 Å². The smallest absolute Gasteiger partial charge is 0.177 e. The maximum atomic E-state index is 13.2. The number of hydrogen-bond donors (Lipinski definition) is 1. The monoisotopic (exact) mass is 302 g/mol. The van der Waals surface area contributed by atoms with E-state index < -0.39 is 5.60 Å². The van der Waals surface area contributed by atoms with Gasteiger partial charge in [-0.3, -0.25) is 0 Å². The largest absolute Gasteiger partial charge is 0.369 e. The van der Waals surface area contributed by atoms with Gasteiger partial charge in [0.2, 0.25) is 0 Å². The van der Waals surface area contributed by atoms with Crippen LogP contribution in [0.3, 0.4) is 0 Å². The summed E-state index contributed by atoms with van der Waals surface area (Å²) in [5, 5.41) is 11.2. The van der Waals surface area contributed by atoms with Crippen molar-refractivity contribution < 1.29 is 9.50 Å². The summed E-state index contributed by atoms with van der Waals surface area (Å²) in [6, 6.07) is 24.4. The van der Waals surface area contributed by atoms with Crippen molar-refractivity contribution in [1.29, 1.82) is 0 Å². The predicted octanol–water partition coefficient (Wildman–Crippen LogP) is 4.11. The first kappa shape index (κ1) is 15.0. The zero-order valence-electron chi connectivity index (χ0n) is 12.4. The molecule has 2 heteroatoms. The fraction of sp³-hybridized carbons (Fsp3) is 0.0476. The van der Waals surface area contributed by atoms with Crippen LogP contribution in [-0.4, -0.2) is 5.11 Å². The molecular weight excluding hydrogens is 287 g/mol. The number of benzene rings is 3. The Morgan fingerprint density at radius 3 is 1.83 bits per heavy atom. The van der Waals surface area contributed by atoms with Gasteiger partial charge in [-0.2, -0.15) is 0 Å². The van der Waals surface area contributed by atoms with Gasteiger partial charge in [0.05, 0.1) is 0 Å². The molecule has 0 bridgehead atoms.